The Bertz CT molecular complexity index is 3030. The van der Waals surface area contributed by atoms with E-state index in [2.05, 4.69) is 216 Å². The Kier molecular flexibility index (Phi) is 8.16. The molecule has 0 aliphatic carbocycles. The molecule has 10 rings (SSSR count). The van der Waals surface area contributed by atoms with Crippen molar-refractivity contribution in [3.63, 3.8) is 0 Å². The van der Waals surface area contributed by atoms with Crippen LogP contribution in [0.2, 0.25) is 0 Å². The maximum atomic E-state index is 4.14. The summed E-state index contributed by atoms with van der Waals surface area (Å²) < 4.78 is 4.64. The van der Waals surface area contributed by atoms with Crippen LogP contribution in [0.4, 0.5) is 0 Å². The summed E-state index contributed by atoms with van der Waals surface area (Å²) in [5.74, 6) is 0. The Balaban J connectivity index is 1.03. The summed E-state index contributed by atoms with van der Waals surface area (Å²) >= 11 is 0. The molecule has 0 unspecified atom stereocenters. The highest BCUT2D eigenvalue weighted by atomic mass is 15.0. The predicted molar refractivity (Wildman–Crippen MR) is 240 cm³/mol. The van der Waals surface area contributed by atoms with E-state index < -0.39 is 0 Å². The molecule has 2 nitrogen and oxygen atoms in total. The fraction of sp³-hybridized carbons (Fsp3) is 0. The second kappa shape index (κ2) is 13.8. The highest BCUT2D eigenvalue weighted by Gasteiger charge is 2.16. The Labute approximate surface area is 327 Å². The normalized spacial score (nSPS) is 11.4. The van der Waals surface area contributed by atoms with E-state index in [4.69, 9.17) is 0 Å². The van der Waals surface area contributed by atoms with Gasteiger partial charge in [-0.05, 0) is 117 Å². The van der Waals surface area contributed by atoms with Crippen molar-refractivity contribution >= 4 is 44.9 Å². The van der Waals surface area contributed by atoms with Gasteiger partial charge in [0, 0.05) is 33.1 Å². The van der Waals surface area contributed by atoms with E-state index in [1.165, 1.54) is 66.1 Å². The van der Waals surface area contributed by atoms with Gasteiger partial charge in [0.25, 0.3) is 0 Å². The summed E-state index contributed by atoms with van der Waals surface area (Å²) in [6.07, 6.45) is 3.85. The van der Waals surface area contributed by atoms with Crippen molar-refractivity contribution in [2.75, 3.05) is 0 Å². The van der Waals surface area contributed by atoms with Gasteiger partial charge < -0.3 is 9.13 Å². The molecule has 0 amide bonds. The highest BCUT2D eigenvalue weighted by molar-refractivity contribution is 6.09. The summed E-state index contributed by atoms with van der Waals surface area (Å²) in [7, 11) is 0. The largest absolute Gasteiger partial charge is 0.309 e. The van der Waals surface area contributed by atoms with Crippen LogP contribution in [-0.2, 0) is 0 Å². The summed E-state index contributed by atoms with van der Waals surface area (Å²) in [4.78, 5) is 0. The fourth-order valence-corrected chi connectivity index (χ4v) is 8.42. The molecule has 0 radical (unpaired) electrons. The van der Waals surface area contributed by atoms with Crippen molar-refractivity contribution in [1.82, 2.24) is 9.13 Å². The monoisotopic (exact) mass is 714 g/mol. The topological polar surface area (TPSA) is 9.86 Å². The predicted octanol–water partition coefficient (Wildman–Crippen LogP) is 14.7. The summed E-state index contributed by atoms with van der Waals surface area (Å²) in [6, 6.07) is 70.2. The van der Waals surface area contributed by atoms with Gasteiger partial charge in [-0.15, -0.1) is 0 Å². The zero-order chi connectivity index (χ0) is 37.6. The molecule has 0 fully saturated rings. The maximum Gasteiger partial charge on any atom is 0.0541 e. The molecule has 264 valence electrons. The van der Waals surface area contributed by atoms with E-state index in [1.54, 1.807) is 0 Å². The van der Waals surface area contributed by atoms with Crippen molar-refractivity contribution in [3.05, 3.63) is 219 Å². The van der Waals surface area contributed by atoms with E-state index in [1.807, 2.05) is 12.2 Å². The number of benzene rings is 8. The second-order valence-corrected chi connectivity index (χ2v) is 14.3. The van der Waals surface area contributed by atoms with Crippen LogP contribution in [0.25, 0.3) is 101 Å². The number of hydrogen-bond donors (Lipinski definition) is 0. The second-order valence-electron chi connectivity index (χ2n) is 14.3. The molecule has 0 saturated carbocycles. The highest BCUT2D eigenvalue weighted by Crippen LogP contribution is 2.37. The molecular weight excluding hydrogens is 677 g/mol. The first kappa shape index (κ1) is 33.2. The van der Waals surface area contributed by atoms with Crippen LogP contribution in [0.15, 0.2) is 207 Å². The lowest BCUT2D eigenvalue weighted by Gasteiger charge is -2.14. The SMILES string of the molecule is C=Cc1c(C=C)n(-c2ccc(-c3cccc(-c4cc(-c5ccccc5)cc(-c5ccc(-n6c7ccccc7c7ccccc76)cc5)c4)c3)cc2)c2ccccc12. The molecular formula is C54H38N2. The first-order chi connectivity index (χ1) is 27.7. The van der Waals surface area contributed by atoms with Crippen LogP contribution in [0.1, 0.15) is 11.3 Å². The van der Waals surface area contributed by atoms with Crippen LogP contribution in [0.3, 0.4) is 0 Å². The van der Waals surface area contributed by atoms with Gasteiger partial charge in [-0.1, -0.05) is 147 Å². The van der Waals surface area contributed by atoms with E-state index >= 15 is 0 Å². The summed E-state index contributed by atoms with van der Waals surface area (Å²) in [5, 5.41) is 3.71. The van der Waals surface area contributed by atoms with Gasteiger partial charge in [0.2, 0.25) is 0 Å². The molecule has 0 saturated heterocycles. The molecule has 0 spiro atoms. The average Bonchev–Trinajstić information content (AvgIpc) is 3.79. The molecule has 0 bridgehead atoms. The van der Waals surface area contributed by atoms with Crippen LogP contribution < -0.4 is 0 Å². The van der Waals surface area contributed by atoms with Crippen LogP contribution in [0.5, 0.6) is 0 Å². The molecule has 0 aliphatic rings. The van der Waals surface area contributed by atoms with E-state index in [0.717, 1.165) is 33.7 Å². The zero-order valence-corrected chi connectivity index (χ0v) is 30.9. The third kappa shape index (κ3) is 5.59. The molecule has 0 N–H and O–H groups in total. The van der Waals surface area contributed by atoms with Gasteiger partial charge in [-0.3, -0.25) is 0 Å². The first-order valence-electron chi connectivity index (χ1n) is 19.1. The molecule has 56 heavy (non-hydrogen) atoms. The van der Waals surface area contributed by atoms with Crippen molar-refractivity contribution in [3.8, 4) is 55.9 Å². The van der Waals surface area contributed by atoms with Crippen LogP contribution in [0, 0.1) is 0 Å². The van der Waals surface area contributed by atoms with Crippen LogP contribution >= 0.6 is 0 Å². The Morgan fingerprint density at radius 3 is 1.25 bits per heavy atom. The number of hydrogen-bond acceptors (Lipinski definition) is 0. The molecule has 0 atom stereocenters. The van der Waals surface area contributed by atoms with Gasteiger partial charge in [-0.25, -0.2) is 0 Å². The van der Waals surface area contributed by atoms with Crippen molar-refractivity contribution in [2.24, 2.45) is 0 Å². The first-order valence-corrected chi connectivity index (χ1v) is 19.1. The molecule has 8 aromatic carbocycles. The quantitative estimate of drug-likeness (QED) is 0.148. The average molecular weight is 715 g/mol. The standard InChI is InChI=1S/C54H38N2/c1-3-47-48-19-8-11-22-52(48)55(51(47)4-2)45-29-25-38(26-30-45)40-17-14-18-41(33-40)44-35-42(37-15-6-5-7-16-37)34-43(36-44)39-27-31-46(32-28-39)56-53-23-12-9-20-49(53)50-21-10-13-24-54(50)56/h3-36H,1-2H2. The number of para-hydroxylation sites is 3. The van der Waals surface area contributed by atoms with Crippen LogP contribution in [-0.4, -0.2) is 9.13 Å². The van der Waals surface area contributed by atoms with Gasteiger partial charge in [-0.2, -0.15) is 0 Å². The zero-order valence-electron chi connectivity index (χ0n) is 30.9. The van der Waals surface area contributed by atoms with Gasteiger partial charge in [0.1, 0.15) is 0 Å². The third-order valence-corrected chi connectivity index (χ3v) is 11.1. The minimum atomic E-state index is 1.05. The molecule has 2 heteroatoms. The lowest BCUT2D eigenvalue weighted by Crippen LogP contribution is -1.96. The van der Waals surface area contributed by atoms with E-state index in [0.29, 0.717) is 0 Å². The van der Waals surface area contributed by atoms with Gasteiger partial charge in [0.05, 0.1) is 22.2 Å². The van der Waals surface area contributed by atoms with E-state index in [9.17, 15) is 0 Å². The molecule has 0 aliphatic heterocycles. The molecule has 2 aromatic heterocycles. The minimum Gasteiger partial charge on any atom is -0.309 e. The summed E-state index contributed by atoms with van der Waals surface area (Å²) in [6.45, 7) is 8.24. The van der Waals surface area contributed by atoms with Crippen molar-refractivity contribution < 1.29 is 0 Å². The van der Waals surface area contributed by atoms with E-state index in [-0.39, 0.29) is 0 Å². The summed E-state index contributed by atoms with van der Waals surface area (Å²) in [5.41, 5.74) is 17.4. The number of fused-ring (bicyclic) bond motifs is 4. The van der Waals surface area contributed by atoms with Crippen molar-refractivity contribution in [2.45, 2.75) is 0 Å². The molecule has 2 heterocycles. The fourth-order valence-electron chi connectivity index (χ4n) is 8.42. The third-order valence-electron chi connectivity index (χ3n) is 11.1. The number of nitrogens with zero attached hydrogens (tertiary/aromatic N) is 2. The maximum absolute atomic E-state index is 4.14. The lowest BCUT2D eigenvalue weighted by molar-refractivity contribution is 1.11. The Morgan fingerprint density at radius 1 is 0.304 bits per heavy atom. The lowest BCUT2D eigenvalue weighted by atomic mass is 9.92. The minimum absolute atomic E-state index is 1.05. The number of aromatic nitrogens is 2. The Hall–Kier alpha value is -7.42. The molecule has 10 aromatic rings. The Morgan fingerprint density at radius 2 is 0.696 bits per heavy atom. The van der Waals surface area contributed by atoms with Gasteiger partial charge >= 0.3 is 0 Å². The van der Waals surface area contributed by atoms with Crippen molar-refractivity contribution in [1.29, 1.82) is 0 Å². The van der Waals surface area contributed by atoms with Gasteiger partial charge in [0.15, 0.2) is 0 Å². The smallest absolute Gasteiger partial charge is 0.0541 e. The number of rotatable bonds is 8.